The predicted octanol–water partition coefficient (Wildman–Crippen LogP) is 2.85. The van der Waals surface area contributed by atoms with Gasteiger partial charge in [0.2, 0.25) is 0 Å². The SMILES string of the molecule is COc1ccc(CN)cc1.COc1ccccc1. The number of hydrogen-bond donors (Lipinski definition) is 1. The van der Waals surface area contributed by atoms with Gasteiger partial charge in [0.15, 0.2) is 0 Å². The molecule has 0 amide bonds. The minimum atomic E-state index is 0.587. The van der Waals surface area contributed by atoms with Crippen LogP contribution in [-0.2, 0) is 6.54 Å². The van der Waals surface area contributed by atoms with Crippen molar-refractivity contribution in [3.63, 3.8) is 0 Å². The molecule has 0 saturated carbocycles. The number of nitrogens with two attached hydrogens (primary N) is 1. The molecule has 2 N–H and O–H groups in total. The third kappa shape index (κ3) is 4.89. The molecule has 0 fully saturated rings. The highest BCUT2D eigenvalue weighted by molar-refractivity contribution is 5.26. The molecule has 3 heteroatoms. The number of ether oxygens (including phenoxy) is 2. The summed E-state index contributed by atoms with van der Waals surface area (Å²) < 4.78 is 9.89. The molecule has 0 aliphatic carbocycles. The van der Waals surface area contributed by atoms with E-state index in [0.717, 1.165) is 17.1 Å². The van der Waals surface area contributed by atoms with Gasteiger partial charge in [-0.25, -0.2) is 0 Å². The van der Waals surface area contributed by atoms with Crippen LogP contribution in [0.15, 0.2) is 54.6 Å². The third-order valence-electron chi connectivity index (χ3n) is 2.37. The van der Waals surface area contributed by atoms with E-state index in [1.165, 1.54) is 0 Å². The summed E-state index contributed by atoms with van der Waals surface area (Å²) in [5.74, 6) is 1.78. The molecule has 2 rings (SSSR count). The molecule has 2 aromatic rings. The van der Waals surface area contributed by atoms with Gasteiger partial charge in [-0.3, -0.25) is 0 Å². The Labute approximate surface area is 108 Å². The number of benzene rings is 2. The van der Waals surface area contributed by atoms with Crippen molar-refractivity contribution < 1.29 is 9.47 Å². The van der Waals surface area contributed by atoms with Crippen molar-refractivity contribution in [1.82, 2.24) is 0 Å². The molecule has 0 aromatic heterocycles. The van der Waals surface area contributed by atoms with Crippen LogP contribution in [0.3, 0.4) is 0 Å². The Morgan fingerprint density at radius 1 is 0.778 bits per heavy atom. The van der Waals surface area contributed by atoms with Gasteiger partial charge >= 0.3 is 0 Å². The molecular formula is C15H19NO2. The summed E-state index contributed by atoms with van der Waals surface area (Å²) >= 11 is 0. The van der Waals surface area contributed by atoms with Crippen molar-refractivity contribution in [2.75, 3.05) is 14.2 Å². The van der Waals surface area contributed by atoms with Gasteiger partial charge in [-0.1, -0.05) is 30.3 Å². The summed E-state index contributed by atoms with van der Waals surface area (Å²) in [5, 5.41) is 0. The smallest absolute Gasteiger partial charge is 0.118 e. The Morgan fingerprint density at radius 2 is 1.28 bits per heavy atom. The lowest BCUT2D eigenvalue weighted by Crippen LogP contribution is -1.95. The van der Waals surface area contributed by atoms with Crippen molar-refractivity contribution >= 4 is 0 Å². The molecule has 0 bridgehead atoms. The van der Waals surface area contributed by atoms with Gasteiger partial charge in [-0.05, 0) is 29.8 Å². The molecule has 0 unspecified atom stereocenters. The average Bonchev–Trinajstić information content (AvgIpc) is 2.49. The van der Waals surface area contributed by atoms with E-state index in [-0.39, 0.29) is 0 Å². The highest BCUT2D eigenvalue weighted by atomic mass is 16.5. The normalized spacial score (nSPS) is 9.06. The van der Waals surface area contributed by atoms with Crippen molar-refractivity contribution in [1.29, 1.82) is 0 Å². The molecule has 0 heterocycles. The molecule has 3 nitrogen and oxygen atoms in total. The van der Waals surface area contributed by atoms with Gasteiger partial charge in [0.05, 0.1) is 14.2 Å². The maximum Gasteiger partial charge on any atom is 0.118 e. The molecule has 0 radical (unpaired) electrons. The Kier molecular flexibility index (Phi) is 6.36. The van der Waals surface area contributed by atoms with E-state index < -0.39 is 0 Å². The van der Waals surface area contributed by atoms with Crippen molar-refractivity contribution in [2.45, 2.75) is 6.54 Å². The van der Waals surface area contributed by atoms with Crippen molar-refractivity contribution in [3.8, 4) is 11.5 Å². The topological polar surface area (TPSA) is 44.5 Å². The summed E-state index contributed by atoms with van der Waals surface area (Å²) in [4.78, 5) is 0. The Morgan fingerprint density at radius 3 is 1.67 bits per heavy atom. The molecule has 0 aliphatic heterocycles. The molecule has 0 spiro atoms. The highest BCUT2D eigenvalue weighted by Gasteiger charge is 1.89. The standard InChI is InChI=1S/C8H11NO.C7H8O/c1-10-8-4-2-7(6-9)3-5-8;1-8-7-5-3-2-4-6-7/h2-5H,6,9H2,1H3;2-6H,1H3. The fraction of sp³-hybridized carbons (Fsp3) is 0.200. The van der Waals surface area contributed by atoms with Gasteiger partial charge in [0.25, 0.3) is 0 Å². The van der Waals surface area contributed by atoms with Crippen molar-refractivity contribution in [2.24, 2.45) is 5.73 Å². The predicted molar refractivity (Wildman–Crippen MR) is 73.9 cm³/mol. The lowest BCUT2D eigenvalue weighted by atomic mass is 10.2. The molecule has 96 valence electrons. The summed E-state index contributed by atoms with van der Waals surface area (Å²) in [6, 6.07) is 17.4. The number of methoxy groups -OCH3 is 2. The van der Waals surface area contributed by atoms with Crippen LogP contribution < -0.4 is 15.2 Å². The first-order valence-electron chi connectivity index (χ1n) is 5.72. The minimum Gasteiger partial charge on any atom is -0.497 e. The summed E-state index contributed by atoms with van der Waals surface area (Å²) in [5.41, 5.74) is 6.53. The quantitative estimate of drug-likeness (QED) is 0.904. The van der Waals surface area contributed by atoms with Gasteiger partial charge in [0, 0.05) is 6.54 Å². The van der Waals surface area contributed by atoms with Crippen LogP contribution in [-0.4, -0.2) is 14.2 Å². The van der Waals surface area contributed by atoms with Crippen LogP contribution >= 0.6 is 0 Å². The summed E-state index contributed by atoms with van der Waals surface area (Å²) in [6.07, 6.45) is 0. The second kappa shape index (κ2) is 8.14. The van der Waals surface area contributed by atoms with Gasteiger partial charge in [-0.15, -0.1) is 0 Å². The highest BCUT2D eigenvalue weighted by Crippen LogP contribution is 2.10. The van der Waals surface area contributed by atoms with Gasteiger partial charge < -0.3 is 15.2 Å². The zero-order valence-electron chi connectivity index (χ0n) is 10.8. The van der Waals surface area contributed by atoms with Crippen molar-refractivity contribution in [3.05, 3.63) is 60.2 Å². The zero-order chi connectivity index (χ0) is 13.2. The fourth-order valence-corrected chi connectivity index (χ4v) is 1.32. The first-order valence-corrected chi connectivity index (χ1v) is 5.72. The van der Waals surface area contributed by atoms with E-state index in [2.05, 4.69) is 0 Å². The van der Waals surface area contributed by atoms with Crippen LogP contribution in [0.2, 0.25) is 0 Å². The Bertz CT molecular complexity index is 403. The molecule has 0 atom stereocenters. The van der Waals surface area contributed by atoms with Crippen LogP contribution in [0.4, 0.5) is 0 Å². The molecule has 2 aromatic carbocycles. The molecule has 18 heavy (non-hydrogen) atoms. The van der Waals surface area contributed by atoms with E-state index in [1.807, 2.05) is 54.6 Å². The van der Waals surface area contributed by atoms with Crippen LogP contribution in [0.1, 0.15) is 5.56 Å². The van der Waals surface area contributed by atoms with Crippen LogP contribution in [0.5, 0.6) is 11.5 Å². The van der Waals surface area contributed by atoms with E-state index in [4.69, 9.17) is 15.2 Å². The maximum atomic E-state index is 5.40. The van der Waals surface area contributed by atoms with Gasteiger partial charge in [-0.2, -0.15) is 0 Å². The number of rotatable bonds is 3. The van der Waals surface area contributed by atoms with E-state index in [0.29, 0.717) is 6.54 Å². The average molecular weight is 245 g/mol. The zero-order valence-corrected chi connectivity index (χ0v) is 10.8. The first-order chi connectivity index (χ1) is 8.80. The van der Waals surface area contributed by atoms with E-state index in [1.54, 1.807) is 14.2 Å². The molecule has 0 saturated heterocycles. The molecule has 0 aliphatic rings. The Hall–Kier alpha value is -2.00. The second-order valence-electron chi connectivity index (χ2n) is 3.57. The number of para-hydroxylation sites is 1. The van der Waals surface area contributed by atoms with E-state index >= 15 is 0 Å². The third-order valence-corrected chi connectivity index (χ3v) is 2.37. The summed E-state index contributed by atoms with van der Waals surface area (Å²) in [7, 11) is 3.31. The van der Waals surface area contributed by atoms with E-state index in [9.17, 15) is 0 Å². The number of hydrogen-bond acceptors (Lipinski definition) is 3. The second-order valence-corrected chi connectivity index (χ2v) is 3.57. The first kappa shape index (κ1) is 14.1. The lowest BCUT2D eigenvalue weighted by molar-refractivity contribution is 0.414. The molecular weight excluding hydrogens is 226 g/mol. The summed E-state index contributed by atoms with van der Waals surface area (Å²) in [6.45, 7) is 0.587. The fourth-order valence-electron chi connectivity index (χ4n) is 1.32. The largest absolute Gasteiger partial charge is 0.497 e. The van der Waals surface area contributed by atoms with Gasteiger partial charge in [0.1, 0.15) is 11.5 Å². The lowest BCUT2D eigenvalue weighted by Gasteiger charge is -1.99. The van der Waals surface area contributed by atoms with Crippen LogP contribution in [0.25, 0.3) is 0 Å². The maximum absolute atomic E-state index is 5.40. The monoisotopic (exact) mass is 245 g/mol. The van der Waals surface area contributed by atoms with Crippen LogP contribution in [0, 0.1) is 0 Å². The minimum absolute atomic E-state index is 0.587. The Balaban J connectivity index is 0.000000184.